The maximum atomic E-state index is 13.2. The zero-order valence-electron chi connectivity index (χ0n) is 28.1. The molecule has 3 saturated heterocycles. The fourth-order valence-electron chi connectivity index (χ4n) is 7.37. The van der Waals surface area contributed by atoms with Gasteiger partial charge in [-0.05, 0) is 53.8 Å². The Morgan fingerprint density at radius 1 is 0.840 bits per heavy atom. The Morgan fingerprint density at radius 3 is 2.12 bits per heavy atom. The number of hydrogen-bond acceptors (Lipinski definition) is 8. The molecule has 11 heteroatoms. The molecule has 50 heavy (non-hydrogen) atoms. The highest BCUT2D eigenvalue weighted by molar-refractivity contribution is 7.89. The predicted octanol–water partition coefficient (Wildman–Crippen LogP) is 4.88. The van der Waals surface area contributed by atoms with Crippen LogP contribution in [-0.2, 0) is 37.4 Å². The van der Waals surface area contributed by atoms with Crippen LogP contribution >= 0.6 is 0 Å². The van der Waals surface area contributed by atoms with Crippen molar-refractivity contribution >= 4 is 21.6 Å². The zero-order valence-corrected chi connectivity index (χ0v) is 29.0. The molecule has 4 atom stereocenters. The van der Waals surface area contributed by atoms with Crippen LogP contribution < -0.4 is 14.9 Å². The van der Waals surface area contributed by atoms with E-state index in [9.17, 15) is 18.3 Å². The van der Waals surface area contributed by atoms with Crippen molar-refractivity contribution in [1.29, 1.82) is 0 Å². The minimum Gasteiger partial charge on any atom is -0.392 e. The van der Waals surface area contributed by atoms with Crippen LogP contribution in [0.2, 0.25) is 0 Å². The highest BCUT2D eigenvalue weighted by Gasteiger charge is 2.51. The summed E-state index contributed by atoms with van der Waals surface area (Å²) in [6.45, 7) is 5.00. The average Bonchev–Trinajstić information content (AvgIpc) is 3.47. The number of aliphatic hydroxyl groups excluding tert-OH is 1. The molecule has 3 fully saturated rings. The van der Waals surface area contributed by atoms with Crippen LogP contribution in [0, 0.1) is 5.92 Å². The summed E-state index contributed by atoms with van der Waals surface area (Å²) in [5.74, 6) is 0.115. The molecule has 3 aliphatic rings. The van der Waals surface area contributed by atoms with Crippen molar-refractivity contribution in [2.75, 3.05) is 31.2 Å². The lowest BCUT2D eigenvalue weighted by molar-refractivity contribution is -0.276. The number of nitrogens with one attached hydrogen (secondary N) is 2. The lowest BCUT2D eigenvalue weighted by atomic mass is 9.84. The van der Waals surface area contributed by atoms with Crippen LogP contribution in [0.25, 0.3) is 0 Å². The Hall–Kier alpha value is -4.10. The summed E-state index contributed by atoms with van der Waals surface area (Å²) in [6, 6.07) is 34.0. The molecule has 3 N–H and O–H groups in total. The van der Waals surface area contributed by atoms with Gasteiger partial charge in [-0.1, -0.05) is 91.9 Å². The fraction of sp³-hybridized carbons (Fsp3) is 0.359. The van der Waals surface area contributed by atoms with Crippen LogP contribution in [0.3, 0.4) is 0 Å². The summed E-state index contributed by atoms with van der Waals surface area (Å²) in [4.78, 5) is 18.1. The topological polar surface area (TPSA) is 120 Å². The summed E-state index contributed by atoms with van der Waals surface area (Å²) in [5.41, 5.74) is 4.00. The molecule has 10 nitrogen and oxygen atoms in total. The molecule has 262 valence electrons. The van der Waals surface area contributed by atoms with Crippen LogP contribution in [-0.4, -0.2) is 62.3 Å². The van der Waals surface area contributed by atoms with Gasteiger partial charge in [0.05, 0.1) is 30.4 Å². The van der Waals surface area contributed by atoms with Gasteiger partial charge in [0.2, 0.25) is 15.9 Å². The zero-order chi connectivity index (χ0) is 34.7. The second kappa shape index (κ2) is 14.6. The monoisotopic (exact) mass is 696 g/mol. The number of carbonyl (C=O) groups is 1. The third-order valence-corrected chi connectivity index (χ3v) is 11.8. The highest BCUT2D eigenvalue weighted by atomic mass is 32.2. The van der Waals surface area contributed by atoms with Gasteiger partial charge in [-0.2, -0.15) is 0 Å². The Labute approximate surface area is 294 Å². The smallest absolute Gasteiger partial charge is 0.247 e. The molecule has 1 amide bonds. The molecule has 0 aliphatic carbocycles. The molecular weight excluding hydrogens is 653 g/mol. The molecule has 0 bridgehead atoms. The van der Waals surface area contributed by atoms with Crippen LogP contribution in [0.4, 0.5) is 5.69 Å². The number of aliphatic hydroxyl groups is 1. The Bertz CT molecular complexity index is 1850. The van der Waals surface area contributed by atoms with Gasteiger partial charge in [-0.15, -0.1) is 0 Å². The van der Waals surface area contributed by atoms with E-state index < -0.39 is 21.9 Å². The number of rotatable bonds is 10. The quantitative estimate of drug-likeness (QED) is 0.215. The number of likely N-dealkylation sites (tertiary alicyclic amines) is 1. The van der Waals surface area contributed by atoms with E-state index in [1.165, 1.54) is 0 Å². The summed E-state index contributed by atoms with van der Waals surface area (Å²) >= 11 is 0. The van der Waals surface area contributed by atoms with Gasteiger partial charge in [0, 0.05) is 43.3 Å². The number of carbonyl (C=O) groups excluding carboxylic acids is 1. The number of amides is 1. The van der Waals surface area contributed by atoms with E-state index in [0.717, 1.165) is 53.9 Å². The molecule has 0 saturated carbocycles. The number of nitrogens with zero attached hydrogens (tertiary/aromatic N) is 2. The third kappa shape index (κ3) is 7.07. The number of para-hydroxylation sites is 1. The van der Waals surface area contributed by atoms with Crippen LogP contribution in [0.15, 0.2) is 114 Å². The normalized spacial score (nSPS) is 24.0. The average molecular weight is 697 g/mol. The van der Waals surface area contributed by atoms with Crippen molar-refractivity contribution in [2.24, 2.45) is 5.92 Å². The minimum absolute atomic E-state index is 0.0179. The van der Waals surface area contributed by atoms with Gasteiger partial charge in [0.1, 0.15) is 5.54 Å². The fourth-order valence-corrected chi connectivity index (χ4v) is 8.41. The van der Waals surface area contributed by atoms with Crippen molar-refractivity contribution in [2.45, 2.75) is 61.8 Å². The molecule has 4 aromatic rings. The first kappa shape index (κ1) is 34.4. The Morgan fingerprint density at radius 2 is 1.46 bits per heavy atom. The van der Waals surface area contributed by atoms with Gasteiger partial charge in [0.15, 0.2) is 6.29 Å². The first-order valence-corrected chi connectivity index (χ1v) is 18.7. The largest absolute Gasteiger partial charge is 0.392 e. The first-order chi connectivity index (χ1) is 24.3. The highest BCUT2D eigenvalue weighted by Crippen LogP contribution is 2.43. The lowest BCUT2D eigenvalue weighted by Crippen LogP contribution is -2.57. The van der Waals surface area contributed by atoms with E-state index in [0.29, 0.717) is 13.2 Å². The van der Waals surface area contributed by atoms with E-state index in [4.69, 9.17) is 9.47 Å². The molecular formula is C39H44N4O6S. The Balaban J connectivity index is 1.06. The van der Waals surface area contributed by atoms with Gasteiger partial charge >= 0.3 is 0 Å². The molecule has 1 unspecified atom stereocenters. The van der Waals surface area contributed by atoms with Crippen molar-refractivity contribution in [3.8, 4) is 0 Å². The van der Waals surface area contributed by atoms with E-state index >= 15 is 0 Å². The van der Waals surface area contributed by atoms with E-state index in [2.05, 4.69) is 38.9 Å². The second-order valence-electron chi connectivity index (χ2n) is 13.5. The van der Waals surface area contributed by atoms with Gasteiger partial charge in [-0.3, -0.25) is 4.79 Å². The summed E-state index contributed by atoms with van der Waals surface area (Å²) in [5, 5.41) is 12.7. The van der Waals surface area contributed by atoms with E-state index in [-0.39, 0.29) is 42.1 Å². The predicted molar refractivity (Wildman–Crippen MR) is 190 cm³/mol. The summed E-state index contributed by atoms with van der Waals surface area (Å²) in [7, 11) is -3.63. The first-order valence-electron chi connectivity index (χ1n) is 17.2. The van der Waals surface area contributed by atoms with Crippen LogP contribution in [0.1, 0.15) is 54.4 Å². The van der Waals surface area contributed by atoms with Crippen molar-refractivity contribution in [1.82, 2.24) is 14.9 Å². The van der Waals surface area contributed by atoms with Gasteiger partial charge < -0.3 is 29.7 Å². The maximum absolute atomic E-state index is 13.2. The van der Waals surface area contributed by atoms with Crippen molar-refractivity contribution < 1.29 is 27.8 Å². The van der Waals surface area contributed by atoms with Gasteiger partial charge in [0.25, 0.3) is 0 Å². The number of sulfonamides is 1. The standard InChI is InChI=1S/C39H44N4O6S/c1-28-35(25-42-22-20-39(21-23-42)38(45)40-27-43(39)33-8-4-2-5-9-33)48-37(49-36(28)31-16-14-30(26-44)15-17-31)32-18-12-29(13-19-32)24-41-50(46,47)34-10-6-3-7-11-34/h2-19,28,35-37,41,44H,20-27H2,1H3,(H,40,45)/t28-,35+,36+,37?/m0/s1. The molecule has 1 spiro atoms. The number of piperidine rings is 1. The van der Waals surface area contributed by atoms with E-state index in [1.54, 1.807) is 30.3 Å². The van der Waals surface area contributed by atoms with Gasteiger partial charge in [-0.25, -0.2) is 13.1 Å². The second-order valence-corrected chi connectivity index (χ2v) is 15.2. The maximum Gasteiger partial charge on any atom is 0.247 e. The minimum atomic E-state index is -3.63. The summed E-state index contributed by atoms with van der Waals surface area (Å²) in [6.07, 6.45) is 0.380. The molecule has 4 aromatic carbocycles. The van der Waals surface area contributed by atoms with E-state index in [1.807, 2.05) is 66.7 Å². The number of anilines is 1. The van der Waals surface area contributed by atoms with Crippen LogP contribution in [0.5, 0.6) is 0 Å². The Kier molecular flexibility index (Phi) is 10.1. The van der Waals surface area contributed by atoms with Crippen molar-refractivity contribution in [3.63, 3.8) is 0 Å². The molecule has 0 radical (unpaired) electrons. The van der Waals surface area contributed by atoms with Crippen molar-refractivity contribution in [3.05, 3.63) is 131 Å². The molecule has 0 aromatic heterocycles. The summed E-state index contributed by atoms with van der Waals surface area (Å²) < 4.78 is 41.5. The third-order valence-electron chi connectivity index (χ3n) is 10.4. The lowest BCUT2D eigenvalue weighted by Gasteiger charge is -2.46. The molecule has 3 aliphatic heterocycles. The molecule has 3 heterocycles. The SMILES string of the molecule is C[C@H]1[C@@H](CN2CCC3(CC2)C(=O)NCN3c2ccccc2)OC(c2ccc(CNS(=O)(=O)c3ccccc3)cc2)O[C@H]1c1ccc(CO)cc1. The molecule has 7 rings (SSSR count). The number of ether oxygens (including phenoxy) is 2. The number of hydrogen-bond donors (Lipinski definition) is 3. The number of benzene rings is 4.